The second-order valence-electron chi connectivity index (χ2n) is 6.28. The van der Waals surface area contributed by atoms with Gasteiger partial charge in [0.05, 0.1) is 24.2 Å². The Kier molecular flexibility index (Phi) is 5.77. The third kappa shape index (κ3) is 4.28. The lowest BCUT2D eigenvalue weighted by Gasteiger charge is -2.26. The first-order valence-corrected chi connectivity index (χ1v) is 10.8. The molecule has 1 fully saturated rings. The number of piperidine rings is 1. The average molecular weight is 417 g/mol. The van der Waals surface area contributed by atoms with Crippen LogP contribution in [0.3, 0.4) is 0 Å². The summed E-state index contributed by atoms with van der Waals surface area (Å²) in [6.07, 6.45) is 3.47. The predicted molar refractivity (Wildman–Crippen MR) is 109 cm³/mol. The molecule has 146 valence electrons. The Balaban J connectivity index is 1.44. The van der Waals surface area contributed by atoms with Crippen molar-refractivity contribution in [3.05, 3.63) is 33.7 Å². The number of hydrogen-bond donors (Lipinski definition) is 1. The van der Waals surface area contributed by atoms with Gasteiger partial charge in [-0.25, -0.2) is 4.98 Å². The van der Waals surface area contributed by atoms with Crippen LogP contribution < -0.4 is 15.0 Å². The molecule has 10 heteroatoms. The van der Waals surface area contributed by atoms with Crippen LogP contribution in [0.15, 0.2) is 22.9 Å². The van der Waals surface area contributed by atoms with Crippen LogP contribution >= 0.6 is 22.7 Å². The molecule has 28 heavy (non-hydrogen) atoms. The summed E-state index contributed by atoms with van der Waals surface area (Å²) in [7, 11) is 1.53. The topological polar surface area (TPSA) is 93.1 Å². The van der Waals surface area contributed by atoms with Crippen molar-refractivity contribution in [2.75, 3.05) is 25.1 Å². The summed E-state index contributed by atoms with van der Waals surface area (Å²) in [6.45, 7) is 2.03. The molecule has 0 bridgehead atoms. The standard InChI is InChI=1S/C18H20N6O2S2/c1-26-18-22-14(21-17(23-18)24-7-3-2-4-8-24)10-19-15(25)16-20-12(11-28-16)13-6-5-9-27-13/h5-6,9,11H,2-4,7-8,10H2,1H3,(H,19,25). The summed E-state index contributed by atoms with van der Waals surface area (Å²) >= 11 is 2.92. The van der Waals surface area contributed by atoms with Gasteiger partial charge in [-0.1, -0.05) is 6.07 Å². The van der Waals surface area contributed by atoms with E-state index < -0.39 is 0 Å². The van der Waals surface area contributed by atoms with E-state index >= 15 is 0 Å². The number of carbonyl (C=O) groups is 1. The quantitative estimate of drug-likeness (QED) is 0.660. The highest BCUT2D eigenvalue weighted by molar-refractivity contribution is 7.15. The highest BCUT2D eigenvalue weighted by Crippen LogP contribution is 2.26. The predicted octanol–water partition coefficient (Wildman–Crippen LogP) is 2.99. The fraction of sp³-hybridized carbons (Fsp3) is 0.389. The number of amides is 1. The van der Waals surface area contributed by atoms with Gasteiger partial charge in [-0.15, -0.1) is 22.7 Å². The summed E-state index contributed by atoms with van der Waals surface area (Å²) in [5, 5.41) is 7.14. The molecule has 1 aliphatic rings. The van der Waals surface area contributed by atoms with Gasteiger partial charge in [0.2, 0.25) is 5.95 Å². The molecule has 0 aromatic carbocycles. The van der Waals surface area contributed by atoms with E-state index in [1.807, 2.05) is 22.9 Å². The second kappa shape index (κ2) is 8.61. The number of nitrogens with zero attached hydrogens (tertiary/aromatic N) is 5. The number of rotatable bonds is 6. The van der Waals surface area contributed by atoms with Crippen molar-refractivity contribution in [3.8, 4) is 16.6 Å². The summed E-state index contributed by atoms with van der Waals surface area (Å²) in [4.78, 5) is 33.2. The zero-order valence-corrected chi connectivity index (χ0v) is 17.1. The molecule has 0 saturated carbocycles. The first-order chi connectivity index (χ1) is 13.7. The number of methoxy groups -OCH3 is 1. The van der Waals surface area contributed by atoms with Gasteiger partial charge in [0.15, 0.2) is 10.8 Å². The van der Waals surface area contributed by atoms with E-state index in [2.05, 4.69) is 30.2 Å². The smallest absolute Gasteiger partial charge is 0.321 e. The van der Waals surface area contributed by atoms with Crippen LogP contribution in [-0.2, 0) is 6.54 Å². The van der Waals surface area contributed by atoms with E-state index in [1.165, 1.54) is 24.9 Å². The minimum absolute atomic E-state index is 0.187. The van der Waals surface area contributed by atoms with E-state index in [0.717, 1.165) is 36.5 Å². The van der Waals surface area contributed by atoms with Gasteiger partial charge in [0, 0.05) is 18.5 Å². The fourth-order valence-electron chi connectivity index (χ4n) is 2.94. The molecule has 3 aromatic rings. The van der Waals surface area contributed by atoms with Gasteiger partial charge in [0.25, 0.3) is 5.91 Å². The number of thiophene rings is 1. The van der Waals surface area contributed by atoms with Crippen molar-refractivity contribution in [2.24, 2.45) is 0 Å². The van der Waals surface area contributed by atoms with Crippen molar-refractivity contribution in [1.29, 1.82) is 0 Å². The van der Waals surface area contributed by atoms with Crippen LogP contribution in [0.25, 0.3) is 10.6 Å². The van der Waals surface area contributed by atoms with E-state index in [0.29, 0.717) is 16.8 Å². The monoisotopic (exact) mass is 416 g/mol. The molecule has 4 heterocycles. The molecule has 0 atom stereocenters. The molecule has 4 rings (SSSR count). The number of aromatic nitrogens is 4. The molecule has 8 nitrogen and oxygen atoms in total. The number of nitrogens with one attached hydrogen (secondary N) is 1. The normalized spacial score (nSPS) is 14.1. The molecule has 0 unspecified atom stereocenters. The Morgan fingerprint density at radius 1 is 1.18 bits per heavy atom. The summed E-state index contributed by atoms with van der Waals surface area (Å²) in [5.74, 6) is 0.826. The zero-order valence-electron chi connectivity index (χ0n) is 15.4. The second-order valence-corrected chi connectivity index (χ2v) is 8.09. The van der Waals surface area contributed by atoms with Crippen molar-refractivity contribution < 1.29 is 9.53 Å². The van der Waals surface area contributed by atoms with Gasteiger partial charge in [-0.2, -0.15) is 15.0 Å². The molecule has 1 aliphatic heterocycles. The molecule has 0 radical (unpaired) electrons. The molecule has 0 spiro atoms. The fourth-order valence-corrected chi connectivity index (χ4v) is 4.44. The highest BCUT2D eigenvalue weighted by atomic mass is 32.1. The van der Waals surface area contributed by atoms with Gasteiger partial charge >= 0.3 is 6.01 Å². The van der Waals surface area contributed by atoms with Crippen molar-refractivity contribution >= 4 is 34.5 Å². The third-order valence-corrected chi connectivity index (χ3v) is 6.08. The maximum atomic E-state index is 12.5. The first kappa shape index (κ1) is 18.8. The summed E-state index contributed by atoms with van der Waals surface area (Å²) in [6, 6.07) is 4.21. The van der Waals surface area contributed by atoms with Crippen LogP contribution in [0.5, 0.6) is 6.01 Å². The zero-order chi connectivity index (χ0) is 19.3. The third-order valence-electron chi connectivity index (χ3n) is 4.35. The Morgan fingerprint density at radius 2 is 2.04 bits per heavy atom. The van der Waals surface area contributed by atoms with E-state index in [9.17, 15) is 4.79 Å². The van der Waals surface area contributed by atoms with Gasteiger partial charge in [-0.05, 0) is 30.7 Å². The van der Waals surface area contributed by atoms with E-state index in [1.54, 1.807) is 11.3 Å². The maximum absolute atomic E-state index is 12.5. The van der Waals surface area contributed by atoms with Gasteiger partial charge in [-0.3, -0.25) is 4.79 Å². The Labute approximate surface area is 170 Å². The van der Waals surface area contributed by atoms with Gasteiger partial charge < -0.3 is 15.0 Å². The van der Waals surface area contributed by atoms with Crippen LogP contribution in [0.2, 0.25) is 0 Å². The van der Waals surface area contributed by atoms with Crippen LogP contribution in [0.1, 0.15) is 34.9 Å². The number of thiazole rings is 1. The van der Waals surface area contributed by atoms with Crippen LogP contribution in [0, 0.1) is 0 Å². The number of hydrogen-bond acceptors (Lipinski definition) is 9. The number of carbonyl (C=O) groups excluding carboxylic acids is 1. The Hall–Kier alpha value is -2.59. The van der Waals surface area contributed by atoms with Crippen molar-refractivity contribution in [2.45, 2.75) is 25.8 Å². The SMILES string of the molecule is COc1nc(CNC(=O)c2nc(-c3cccs3)cs2)nc(N2CCCCC2)n1. The lowest BCUT2D eigenvalue weighted by molar-refractivity contribution is 0.0949. The summed E-state index contributed by atoms with van der Waals surface area (Å²) in [5.41, 5.74) is 0.819. The molecule has 0 aliphatic carbocycles. The molecule has 1 N–H and O–H groups in total. The molecule has 1 saturated heterocycles. The lowest BCUT2D eigenvalue weighted by atomic mass is 10.1. The molecular weight excluding hydrogens is 396 g/mol. The van der Waals surface area contributed by atoms with E-state index in [4.69, 9.17) is 4.74 Å². The van der Waals surface area contributed by atoms with Crippen LogP contribution in [-0.4, -0.2) is 46.0 Å². The number of ether oxygens (including phenoxy) is 1. The molecule has 1 amide bonds. The minimum Gasteiger partial charge on any atom is -0.467 e. The first-order valence-electron chi connectivity index (χ1n) is 9.04. The lowest BCUT2D eigenvalue weighted by Crippen LogP contribution is -2.32. The van der Waals surface area contributed by atoms with Crippen molar-refractivity contribution in [3.63, 3.8) is 0 Å². The maximum Gasteiger partial charge on any atom is 0.321 e. The molecule has 3 aromatic heterocycles. The average Bonchev–Trinajstić information content (AvgIpc) is 3.44. The highest BCUT2D eigenvalue weighted by Gasteiger charge is 2.18. The largest absolute Gasteiger partial charge is 0.467 e. The minimum atomic E-state index is -0.244. The van der Waals surface area contributed by atoms with E-state index in [-0.39, 0.29) is 18.5 Å². The Morgan fingerprint density at radius 3 is 2.79 bits per heavy atom. The van der Waals surface area contributed by atoms with Gasteiger partial charge in [0.1, 0.15) is 0 Å². The summed E-state index contributed by atoms with van der Waals surface area (Å²) < 4.78 is 5.21. The Bertz CT molecular complexity index is 937. The number of anilines is 1. The molecular formula is C18H20N6O2S2. The van der Waals surface area contributed by atoms with Crippen molar-refractivity contribution in [1.82, 2.24) is 25.3 Å². The van der Waals surface area contributed by atoms with Crippen LogP contribution in [0.4, 0.5) is 5.95 Å².